The molecule has 0 aliphatic heterocycles. The van der Waals surface area contributed by atoms with E-state index in [1.54, 1.807) is 36.4 Å². The number of amides is 1. The molecule has 10 heteroatoms. The summed E-state index contributed by atoms with van der Waals surface area (Å²) in [6, 6.07) is 17.9. The fraction of sp³-hybridized carbons (Fsp3) is 0.0417. The molecule has 8 nitrogen and oxygen atoms in total. The van der Waals surface area contributed by atoms with Crippen molar-refractivity contribution in [2.24, 2.45) is 0 Å². The molecule has 4 aromatic rings. The normalized spacial score (nSPS) is 10.6. The maximum atomic E-state index is 12.6. The van der Waals surface area contributed by atoms with Gasteiger partial charge in [-0.05, 0) is 49.5 Å². The average Bonchev–Trinajstić information content (AvgIpc) is 2.78. The molecule has 1 aromatic heterocycles. The van der Waals surface area contributed by atoms with Crippen LogP contribution >= 0.6 is 23.8 Å². The van der Waals surface area contributed by atoms with Crippen LogP contribution in [-0.4, -0.2) is 15.9 Å². The average molecular weight is 494 g/mol. The highest BCUT2D eigenvalue weighted by atomic mass is 35.5. The Morgan fingerprint density at radius 2 is 1.82 bits per heavy atom. The van der Waals surface area contributed by atoms with E-state index >= 15 is 0 Å². The van der Waals surface area contributed by atoms with Gasteiger partial charge in [0.1, 0.15) is 5.58 Å². The Kier molecular flexibility index (Phi) is 6.40. The molecule has 0 aliphatic rings. The number of thiocarbonyl (C=S) groups is 1. The Labute approximate surface area is 203 Å². The number of anilines is 1. The number of carbonyl (C=O) groups is 1. The van der Waals surface area contributed by atoms with Gasteiger partial charge in [0.25, 0.3) is 11.6 Å². The summed E-state index contributed by atoms with van der Waals surface area (Å²) < 4.78 is 5.38. The lowest BCUT2D eigenvalue weighted by atomic mass is 10.1. The van der Waals surface area contributed by atoms with E-state index in [1.807, 2.05) is 12.1 Å². The van der Waals surface area contributed by atoms with Crippen molar-refractivity contribution < 1.29 is 14.1 Å². The van der Waals surface area contributed by atoms with Crippen molar-refractivity contribution in [3.63, 3.8) is 0 Å². The van der Waals surface area contributed by atoms with Crippen LogP contribution in [0.4, 0.5) is 11.4 Å². The molecule has 1 amide bonds. The maximum absolute atomic E-state index is 12.6. The first-order chi connectivity index (χ1) is 16.2. The monoisotopic (exact) mass is 493 g/mol. The second-order valence-electron chi connectivity index (χ2n) is 7.30. The van der Waals surface area contributed by atoms with Gasteiger partial charge in [-0.1, -0.05) is 41.9 Å². The van der Waals surface area contributed by atoms with E-state index in [-0.39, 0.29) is 26.9 Å². The number of rotatable bonds is 4. The number of halogens is 1. The summed E-state index contributed by atoms with van der Waals surface area (Å²) >= 11 is 11.6. The summed E-state index contributed by atoms with van der Waals surface area (Å²) in [7, 11) is 0. The molecule has 0 aliphatic carbocycles. The van der Waals surface area contributed by atoms with Crippen LogP contribution in [0.5, 0.6) is 0 Å². The highest BCUT2D eigenvalue weighted by Crippen LogP contribution is 2.30. The van der Waals surface area contributed by atoms with Gasteiger partial charge in [-0.2, -0.15) is 0 Å². The zero-order valence-electron chi connectivity index (χ0n) is 17.6. The lowest BCUT2D eigenvalue weighted by Gasteiger charge is -2.12. The van der Waals surface area contributed by atoms with Gasteiger partial charge in [0, 0.05) is 33.8 Å². The quantitative estimate of drug-likeness (QED) is 0.168. The van der Waals surface area contributed by atoms with Gasteiger partial charge in [0.15, 0.2) is 5.11 Å². The van der Waals surface area contributed by atoms with Gasteiger partial charge in [0.2, 0.25) is 0 Å². The Morgan fingerprint density at radius 1 is 1.06 bits per heavy atom. The van der Waals surface area contributed by atoms with E-state index in [1.165, 1.54) is 25.1 Å². The molecule has 34 heavy (non-hydrogen) atoms. The van der Waals surface area contributed by atoms with Crippen molar-refractivity contribution in [1.29, 1.82) is 0 Å². The van der Waals surface area contributed by atoms with E-state index in [2.05, 4.69) is 10.6 Å². The minimum Gasteiger partial charge on any atom is -0.422 e. The molecule has 0 unspecified atom stereocenters. The van der Waals surface area contributed by atoms with Gasteiger partial charge in [-0.3, -0.25) is 20.2 Å². The molecule has 0 fully saturated rings. The van der Waals surface area contributed by atoms with Gasteiger partial charge in [0.05, 0.1) is 15.5 Å². The predicted octanol–water partition coefficient (Wildman–Crippen LogP) is 5.46. The number of benzene rings is 3. The van der Waals surface area contributed by atoms with Crippen molar-refractivity contribution in [1.82, 2.24) is 5.32 Å². The van der Waals surface area contributed by atoms with Crippen molar-refractivity contribution >= 4 is 57.2 Å². The van der Waals surface area contributed by atoms with Crippen LogP contribution in [0.3, 0.4) is 0 Å². The van der Waals surface area contributed by atoms with Crippen LogP contribution < -0.4 is 16.3 Å². The van der Waals surface area contributed by atoms with Crippen molar-refractivity contribution in [3.05, 3.63) is 103 Å². The van der Waals surface area contributed by atoms with Crippen LogP contribution in [0.2, 0.25) is 5.02 Å². The molecule has 0 bridgehead atoms. The lowest BCUT2D eigenvalue weighted by molar-refractivity contribution is -0.385. The molecular weight excluding hydrogens is 478 g/mol. The van der Waals surface area contributed by atoms with Gasteiger partial charge in [-0.15, -0.1) is 0 Å². The number of nitrogens with one attached hydrogen (secondary N) is 2. The lowest BCUT2D eigenvalue weighted by Crippen LogP contribution is -2.34. The highest BCUT2D eigenvalue weighted by Gasteiger charge is 2.19. The van der Waals surface area contributed by atoms with E-state index in [0.29, 0.717) is 22.4 Å². The van der Waals surface area contributed by atoms with Crippen molar-refractivity contribution in [2.75, 3.05) is 5.32 Å². The summed E-state index contributed by atoms with van der Waals surface area (Å²) in [6.45, 7) is 1.49. The minimum absolute atomic E-state index is 0.0232. The van der Waals surface area contributed by atoms with Gasteiger partial charge in [-0.25, -0.2) is 4.79 Å². The van der Waals surface area contributed by atoms with Crippen molar-refractivity contribution in [2.45, 2.75) is 6.92 Å². The zero-order valence-corrected chi connectivity index (χ0v) is 19.2. The standard InChI is InChI=1S/C24H16ClN3O5S/c1-13-16(6-4-7-20(13)28(31)32)22(29)27-24(34)26-15-9-10-17(19(25)12-15)18-11-14-5-2-3-8-21(14)33-23(18)30/h2-12H,1H3,(H2,26,27,29,34). The Morgan fingerprint density at radius 3 is 2.56 bits per heavy atom. The molecule has 0 radical (unpaired) electrons. The zero-order chi connectivity index (χ0) is 24.4. The first-order valence-electron chi connectivity index (χ1n) is 9.94. The number of carbonyl (C=O) groups excluding carboxylic acids is 1. The number of para-hydroxylation sites is 1. The topological polar surface area (TPSA) is 114 Å². The number of hydrogen-bond donors (Lipinski definition) is 2. The molecule has 0 saturated heterocycles. The molecule has 2 N–H and O–H groups in total. The predicted molar refractivity (Wildman–Crippen MR) is 134 cm³/mol. The second kappa shape index (κ2) is 9.42. The largest absolute Gasteiger partial charge is 0.422 e. The number of fused-ring (bicyclic) bond motifs is 1. The Hall–Kier alpha value is -4.08. The SMILES string of the molecule is Cc1c(C(=O)NC(=S)Nc2ccc(-c3cc4ccccc4oc3=O)c(Cl)c2)cccc1[N+](=O)[O-]. The van der Waals surface area contributed by atoms with Crippen LogP contribution in [0, 0.1) is 17.0 Å². The summed E-state index contributed by atoms with van der Waals surface area (Å²) in [5.41, 5.74) is 1.43. The molecule has 3 aromatic carbocycles. The van der Waals surface area contributed by atoms with Crippen molar-refractivity contribution in [3.8, 4) is 11.1 Å². The number of nitro groups is 1. The van der Waals surface area contributed by atoms with E-state index in [9.17, 15) is 19.7 Å². The third kappa shape index (κ3) is 4.66. The number of nitro benzene ring substituents is 1. The molecule has 0 atom stereocenters. The molecule has 0 spiro atoms. The molecule has 4 rings (SSSR count). The maximum Gasteiger partial charge on any atom is 0.344 e. The van der Waals surface area contributed by atoms with Gasteiger partial charge < -0.3 is 9.73 Å². The smallest absolute Gasteiger partial charge is 0.344 e. The highest BCUT2D eigenvalue weighted by molar-refractivity contribution is 7.80. The third-order valence-corrected chi connectivity index (χ3v) is 5.65. The van der Waals surface area contributed by atoms with Crippen LogP contribution in [-0.2, 0) is 0 Å². The van der Waals surface area contributed by atoms with Crippen LogP contribution in [0.25, 0.3) is 22.1 Å². The van der Waals surface area contributed by atoms with E-state index in [0.717, 1.165) is 5.39 Å². The molecule has 0 saturated carbocycles. The second-order valence-corrected chi connectivity index (χ2v) is 8.11. The number of nitrogens with zero attached hydrogens (tertiary/aromatic N) is 1. The van der Waals surface area contributed by atoms with Gasteiger partial charge >= 0.3 is 5.63 Å². The van der Waals surface area contributed by atoms with Crippen LogP contribution in [0.1, 0.15) is 15.9 Å². The summed E-state index contributed by atoms with van der Waals surface area (Å²) in [6.07, 6.45) is 0. The molecule has 170 valence electrons. The summed E-state index contributed by atoms with van der Waals surface area (Å²) in [4.78, 5) is 35.6. The van der Waals surface area contributed by atoms with E-state index < -0.39 is 16.5 Å². The first-order valence-corrected chi connectivity index (χ1v) is 10.7. The fourth-order valence-corrected chi connectivity index (χ4v) is 3.95. The summed E-state index contributed by atoms with van der Waals surface area (Å²) in [5.74, 6) is -0.588. The van der Waals surface area contributed by atoms with E-state index in [4.69, 9.17) is 28.2 Å². The van der Waals surface area contributed by atoms with Crippen LogP contribution in [0.15, 0.2) is 75.9 Å². The third-order valence-electron chi connectivity index (χ3n) is 5.13. The Balaban J connectivity index is 1.52. The fourth-order valence-electron chi connectivity index (χ4n) is 3.46. The number of hydrogen-bond acceptors (Lipinski definition) is 6. The Bertz CT molecular complexity index is 1530. The first kappa shape index (κ1) is 23.1. The molecule has 1 heterocycles. The minimum atomic E-state index is -0.588. The molecular formula is C24H16ClN3O5S. The summed E-state index contributed by atoms with van der Waals surface area (Å²) in [5, 5.41) is 17.5.